The SMILES string of the molecule is NC(CS)C(=O)N1CCCC1C(=O)NC(Cc1ccccc1)C(=O)NC(Cc1c[nH]c2ccccc12)C(=O)O. The van der Waals surface area contributed by atoms with Gasteiger partial charge >= 0.3 is 5.97 Å². The molecule has 3 amide bonds. The minimum atomic E-state index is -1.22. The van der Waals surface area contributed by atoms with Crippen LogP contribution in [0.15, 0.2) is 60.8 Å². The summed E-state index contributed by atoms with van der Waals surface area (Å²) in [6.45, 7) is 0.389. The molecule has 1 fully saturated rings. The number of nitrogens with two attached hydrogens (primary N) is 1. The van der Waals surface area contributed by atoms with Gasteiger partial charge in [0.25, 0.3) is 0 Å². The number of amides is 3. The zero-order valence-corrected chi connectivity index (χ0v) is 22.3. The molecule has 10 nitrogen and oxygen atoms in total. The maximum absolute atomic E-state index is 13.5. The van der Waals surface area contributed by atoms with Crippen LogP contribution in [0, 0.1) is 0 Å². The number of fused-ring (bicyclic) bond motifs is 1. The highest BCUT2D eigenvalue weighted by Gasteiger charge is 2.37. The molecule has 4 unspecified atom stereocenters. The van der Waals surface area contributed by atoms with Crippen molar-refractivity contribution in [1.29, 1.82) is 0 Å². The average molecular weight is 552 g/mol. The van der Waals surface area contributed by atoms with E-state index >= 15 is 0 Å². The van der Waals surface area contributed by atoms with E-state index in [1.165, 1.54) is 4.90 Å². The molecule has 3 aromatic rings. The topological polar surface area (TPSA) is 158 Å². The Balaban J connectivity index is 1.52. The summed E-state index contributed by atoms with van der Waals surface area (Å²) < 4.78 is 0. The molecular formula is C28H33N5O5S. The number of rotatable bonds is 11. The molecule has 0 radical (unpaired) electrons. The average Bonchev–Trinajstić information content (AvgIpc) is 3.59. The Labute approximate surface area is 231 Å². The third-order valence-electron chi connectivity index (χ3n) is 6.98. The van der Waals surface area contributed by atoms with E-state index in [4.69, 9.17) is 5.73 Å². The summed E-state index contributed by atoms with van der Waals surface area (Å²) >= 11 is 4.09. The van der Waals surface area contributed by atoms with Gasteiger partial charge in [-0.15, -0.1) is 0 Å². The van der Waals surface area contributed by atoms with Crippen LogP contribution in [0.5, 0.6) is 0 Å². The number of carboxylic acid groups (broad SMARTS) is 1. The lowest BCUT2D eigenvalue weighted by Crippen LogP contribution is -2.57. The summed E-state index contributed by atoms with van der Waals surface area (Å²) in [5, 5.41) is 16.2. The zero-order valence-electron chi connectivity index (χ0n) is 21.4. The van der Waals surface area contributed by atoms with Gasteiger partial charge in [-0.25, -0.2) is 4.79 Å². The summed E-state index contributed by atoms with van der Waals surface area (Å²) in [5.41, 5.74) is 8.27. The number of thiol groups is 1. The smallest absolute Gasteiger partial charge is 0.326 e. The number of aliphatic carboxylic acids is 1. The van der Waals surface area contributed by atoms with E-state index < -0.39 is 42.0 Å². The van der Waals surface area contributed by atoms with Crippen LogP contribution >= 0.6 is 12.6 Å². The number of carbonyl (C=O) groups excluding carboxylic acids is 3. The Morgan fingerprint density at radius 2 is 1.74 bits per heavy atom. The summed E-state index contributed by atoms with van der Waals surface area (Å²) in [4.78, 5) is 56.2. The van der Waals surface area contributed by atoms with Crippen LogP contribution < -0.4 is 16.4 Å². The number of para-hydroxylation sites is 1. The number of hydrogen-bond acceptors (Lipinski definition) is 6. The van der Waals surface area contributed by atoms with Crippen molar-refractivity contribution in [3.05, 3.63) is 71.9 Å². The third-order valence-corrected chi connectivity index (χ3v) is 7.37. The minimum Gasteiger partial charge on any atom is -0.480 e. The quantitative estimate of drug-likeness (QED) is 0.197. The van der Waals surface area contributed by atoms with Gasteiger partial charge in [-0.1, -0.05) is 48.5 Å². The van der Waals surface area contributed by atoms with Gasteiger partial charge in [0, 0.05) is 42.2 Å². The second kappa shape index (κ2) is 12.8. The van der Waals surface area contributed by atoms with Crippen LogP contribution in [0.2, 0.25) is 0 Å². The van der Waals surface area contributed by atoms with Crippen molar-refractivity contribution in [3.8, 4) is 0 Å². The molecule has 0 spiro atoms. The molecule has 39 heavy (non-hydrogen) atoms. The van der Waals surface area contributed by atoms with Crippen LogP contribution in [-0.4, -0.2) is 75.1 Å². The van der Waals surface area contributed by atoms with Crippen molar-refractivity contribution in [1.82, 2.24) is 20.5 Å². The molecule has 1 saturated heterocycles. The first kappa shape index (κ1) is 28.2. The van der Waals surface area contributed by atoms with E-state index in [0.29, 0.717) is 19.4 Å². The number of hydrogen-bond donors (Lipinski definition) is 6. The van der Waals surface area contributed by atoms with Crippen LogP contribution in [0.4, 0.5) is 0 Å². The predicted molar refractivity (Wildman–Crippen MR) is 150 cm³/mol. The fourth-order valence-electron chi connectivity index (χ4n) is 4.91. The van der Waals surface area contributed by atoms with E-state index in [1.807, 2.05) is 54.6 Å². The molecule has 4 atom stereocenters. The van der Waals surface area contributed by atoms with Crippen LogP contribution in [0.3, 0.4) is 0 Å². The number of nitrogens with one attached hydrogen (secondary N) is 3. The number of aromatic nitrogens is 1. The Morgan fingerprint density at radius 1 is 1.03 bits per heavy atom. The Morgan fingerprint density at radius 3 is 2.46 bits per heavy atom. The number of likely N-dealkylation sites (tertiary alicyclic amines) is 1. The highest BCUT2D eigenvalue weighted by molar-refractivity contribution is 7.80. The molecule has 1 aliphatic heterocycles. The fraction of sp³-hybridized carbons (Fsp3) is 0.357. The number of H-pyrrole nitrogens is 1. The van der Waals surface area contributed by atoms with E-state index in [0.717, 1.165) is 22.0 Å². The van der Waals surface area contributed by atoms with E-state index in [1.54, 1.807) is 6.20 Å². The molecule has 1 aromatic heterocycles. The number of carbonyl (C=O) groups is 4. The molecule has 0 aliphatic carbocycles. The van der Waals surface area contributed by atoms with Crippen molar-refractivity contribution in [2.45, 2.75) is 49.9 Å². The lowest BCUT2D eigenvalue weighted by atomic mass is 10.0. The zero-order chi connectivity index (χ0) is 27.9. The second-order valence-corrected chi connectivity index (χ2v) is 10.1. The van der Waals surface area contributed by atoms with E-state index in [9.17, 15) is 24.3 Å². The largest absolute Gasteiger partial charge is 0.480 e. The predicted octanol–water partition coefficient (Wildman–Crippen LogP) is 1.26. The summed E-state index contributed by atoms with van der Waals surface area (Å²) in [6, 6.07) is 12.8. The van der Waals surface area contributed by atoms with Crippen LogP contribution in [0.25, 0.3) is 10.9 Å². The lowest BCUT2D eigenvalue weighted by Gasteiger charge is -2.28. The molecule has 1 aliphatic rings. The van der Waals surface area contributed by atoms with Gasteiger partial charge in [-0.05, 0) is 30.0 Å². The van der Waals surface area contributed by atoms with Crippen LogP contribution in [-0.2, 0) is 32.0 Å². The molecule has 2 aromatic carbocycles. The Bertz CT molecular complexity index is 1330. The number of nitrogens with zero attached hydrogens (tertiary/aromatic N) is 1. The molecule has 4 rings (SSSR count). The number of benzene rings is 2. The first-order chi connectivity index (χ1) is 18.8. The highest BCUT2D eigenvalue weighted by atomic mass is 32.1. The maximum Gasteiger partial charge on any atom is 0.326 e. The maximum atomic E-state index is 13.5. The van der Waals surface area contributed by atoms with Crippen LogP contribution in [0.1, 0.15) is 24.0 Å². The van der Waals surface area contributed by atoms with Gasteiger partial charge in [0.05, 0.1) is 6.04 Å². The van der Waals surface area contributed by atoms with Gasteiger partial charge < -0.3 is 31.4 Å². The molecule has 0 bridgehead atoms. The van der Waals surface area contributed by atoms with Gasteiger partial charge in [0.2, 0.25) is 17.7 Å². The monoisotopic (exact) mass is 551 g/mol. The number of carboxylic acids is 1. The van der Waals surface area contributed by atoms with Crippen molar-refractivity contribution in [2.75, 3.05) is 12.3 Å². The standard InChI is InChI=1S/C28H33N5O5S/c29-20(16-39)27(36)33-12-6-11-24(33)26(35)31-22(13-17-7-2-1-3-8-17)25(34)32-23(28(37)38)14-18-15-30-21-10-5-4-9-19(18)21/h1-5,7-10,15,20,22-24,30,39H,6,11-14,16,29H2,(H,31,35)(H,32,34)(H,37,38). The van der Waals surface area contributed by atoms with Crippen molar-refractivity contribution in [3.63, 3.8) is 0 Å². The highest BCUT2D eigenvalue weighted by Crippen LogP contribution is 2.21. The van der Waals surface area contributed by atoms with Gasteiger partial charge in [-0.2, -0.15) is 12.6 Å². The van der Waals surface area contributed by atoms with E-state index in [2.05, 4.69) is 28.2 Å². The molecule has 2 heterocycles. The summed E-state index contributed by atoms with van der Waals surface area (Å²) in [7, 11) is 0. The molecule has 11 heteroatoms. The molecule has 0 saturated carbocycles. The van der Waals surface area contributed by atoms with Crippen molar-refractivity contribution >= 4 is 47.2 Å². The minimum absolute atomic E-state index is 0.0591. The first-order valence-corrected chi connectivity index (χ1v) is 13.5. The molecule has 206 valence electrons. The Hall–Kier alpha value is -3.83. The van der Waals surface area contributed by atoms with Gasteiger partial charge in [0.15, 0.2) is 0 Å². The first-order valence-electron chi connectivity index (χ1n) is 12.9. The third kappa shape index (κ3) is 6.79. The van der Waals surface area contributed by atoms with Crippen molar-refractivity contribution < 1.29 is 24.3 Å². The van der Waals surface area contributed by atoms with E-state index in [-0.39, 0.29) is 24.5 Å². The molecule has 6 N–H and O–H groups in total. The second-order valence-electron chi connectivity index (χ2n) is 9.69. The van der Waals surface area contributed by atoms with Gasteiger partial charge in [-0.3, -0.25) is 14.4 Å². The number of aromatic amines is 1. The summed E-state index contributed by atoms with van der Waals surface area (Å²) in [6.07, 6.45) is 3.01. The van der Waals surface area contributed by atoms with Gasteiger partial charge in [0.1, 0.15) is 18.1 Å². The fourth-order valence-corrected chi connectivity index (χ4v) is 5.07. The lowest BCUT2D eigenvalue weighted by molar-refractivity contribution is -0.143. The normalized spacial score (nSPS) is 17.4. The molecular weight excluding hydrogens is 518 g/mol. The summed E-state index contributed by atoms with van der Waals surface area (Å²) in [5.74, 6) is -2.51. The van der Waals surface area contributed by atoms with Crippen molar-refractivity contribution in [2.24, 2.45) is 5.73 Å². The Kier molecular flexibility index (Phi) is 9.26.